The maximum absolute atomic E-state index is 11.6. The number of ketones is 1. The average molecular weight is 299 g/mol. The Morgan fingerprint density at radius 3 is 2.47 bits per heavy atom. The standard InChI is InChI=1S/C13H15BrO3/c1-13(2,3)17-12(16)11(15)8-9-5-4-6-10(14)7-9/h4-7H,8H2,1-3H3. The van der Waals surface area contributed by atoms with Crippen molar-refractivity contribution in [1.29, 1.82) is 0 Å². The summed E-state index contributed by atoms with van der Waals surface area (Å²) in [6.45, 7) is 5.20. The maximum atomic E-state index is 11.6. The van der Waals surface area contributed by atoms with Crippen LogP contribution in [0.4, 0.5) is 0 Å². The summed E-state index contributed by atoms with van der Waals surface area (Å²) in [4.78, 5) is 23.1. The van der Waals surface area contributed by atoms with Gasteiger partial charge in [-0.3, -0.25) is 4.79 Å². The predicted molar refractivity (Wildman–Crippen MR) is 68.7 cm³/mol. The highest BCUT2D eigenvalue weighted by Gasteiger charge is 2.22. The molecule has 0 radical (unpaired) electrons. The SMILES string of the molecule is CC(C)(C)OC(=O)C(=O)Cc1cccc(Br)c1. The molecule has 0 saturated heterocycles. The minimum atomic E-state index is -0.780. The Bertz CT molecular complexity index is 433. The highest BCUT2D eigenvalue weighted by molar-refractivity contribution is 9.10. The number of esters is 1. The van der Waals surface area contributed by atoms with E-state index in [4.69, 9.17) is 4.74 Å². The van der Waals surface area contributed by atoms with Gasteiger partial charge in [-0.05, 0) is 38.5 Å². The van der Waals surface area contributed by atoms with Crippen LogP contribution in [0.2, 0.25) is 0 Å². The summed E-state index contributed by atoms with van der Waals surface area (Å²) in [7, 11) is 0. The van der Waals surface area contributed by atoms with Crippen molar-refractivity contribution in [2.24, 2.45) is 0 Å². The fourth-order valence-corrected chi connectivity index (χ4v) is 1.69. The van der Waals surface area contributed by atoms with Crippen molar-refractivity contribution in [2.75, 3.05) is 0 Å². The summed E-state index contributed by atoms with van der Waals surface area (Å²) in [6.07, 6.45) is 0.0638. The van der Waals surface area contributed by atoms with Crippen molar-refractivity contribution in [2.45, 2.75) is 32.8 Å². The third kappa shape index (κ3) is 5.13. The first-order valence-corrected chi connectivity index (χ1v) is 6.08. The zero-order chi connectivity index (χ0) is 13.1. The van der Waals surface area contributed by atoms with E-state index in [0.29, 0.717) is 0 Å². The van der Waals surface area contributed by atoms with Crippen LogP contribution in [0.1, 0.15) is 26.3 Å². The monoisotopic (exact) mass is 298 g/mol. The summed E-state index contributed by atoms with van der Waals surface area (Å²) < 4.78 is 5.88. The summed E-state index contributed by atoms with van der Waals surface area (Å²) in [5.74, 6) is -1.31. The van der Waals surface area contributed by atoms with Crippen LogP contribution in [0.25, 0.3) is 0 Å². The van der Waals surface area contributed by atoms with Crippen LogP contribution in [0.15, 0.2) is 28.7 Å². The molecule has 1 rings (SSSR count). The minimum Gasteiger partial charge on any atom is -0.454 e. The molecule has 1 aromatic rings. The van der Waals surface area contributed by atoms with Gasteiger partial charge < -0.3 is 4.74 Å². The predicted octanol–water partition coefficient (Wildman–Crippen LogP) is 2.90. The second-order valence-corrected chi connectivity index (χ2v) is 5.65. The van der Waals surface area contributed by atoms with Crippen molar-refractivity contribution in [3.8, 4) is 0 Å². The largest absolute Gasteiger partial charge is 0.454 e. The van der Waals surface area contributed by atoms with Crippen molar-refractivity contribution in [3.05, 3.63) is 34.3 Å². The molecule has 0 atom stereocenters. The number of Topliss-reactive ketones (excluding diaryl/α,β-unsaturated/α-hetero) is 1. The number of carbonyl (C=O) groups is 2. The molecule has 0 spiro atoms. The molecule has 0 heterocycles. The number of benzene rings is 1. The highest BCUT2D eigenvalue weighted by atomic mass is 79.9. The molecular formula is C13H15BrO3. The van der Waals surface area contributed by atoms with Gasteiger partial charge >= 0.3 is 5.97 Å². The summed E-state index contributed by atoms with van der Waals surface area (Å²) in [5.41, 5.74) is 0.152. The van der Waals surface area contributed by atoms with E-state index in [2.05, 4.69) is 15.9 Å². The van der Waals surface area contributed by atoms with Crippen molar-refractivity contribution in [3.63, 3.8) is 0 Å². The third-order valence-electron chi connectivity index (χ3n) is 1.88. The number of halogens is 1. The molecule has 0 N–H and O–H groups in total. The first kappa shape index (κ1) is 13.9. The molecule has 0 amide bonds. The summed E-state index contributed by atoms with van der Waals surface area (Å²) >= 11 is 3.31. The van der Waals surface area contributed by atoms with Gasteiger partial charge in [0.1, 0.15) is 5.60 Å². The minimum absolute atomic E-state index is 0.0638. The fraction of sp³-hybridized carbons (Fsp3) is 0.385. The van der Waals surface area contributed by atoms with E-state index in [1.807, 2.05) is 18.2 Å². The number of hydrogen-bond donors (Lipinski definition) is 0. The Labute approximate surface area is 109 Å². The van der Waals surface area contributed by atoms with E-state index < -0.39 is 17.4 Å². The normalized spacial score (nSPS) is 11.1. The Hall–Kier alpha value is -1.16. The molecule has 0 fully saturated rings. The van der Waals surface area contributed by atoms with E-state index in [-0.39, 0.29) is 6.42 Å². The number of carbonyl (C=O) groups excluding carboxylic acids is 2. The molecule has 0 saturated carbocycles. The van der Waals surface area contributed by atoms with Gasteiger partial charge in [-0.15, -0.1) is 0 Å². The highest BCUT2D eigenvalue weighted by Crippen LogP contribution is 2.13. The smallest absolute Gasteiger partial charge is 0.375 e. The first-order valence-electron chi connectivity index (χ1n) is 5.28. The molecule has 1 aromatic carbocycles. The molecule has 0 aliphatic rings. The van der Waals surface area contributed by atoms with Gasteiger partial charge in [0.05, 0.1) is 0 Å². The van der Waals surface area contributed by atoms with E-state index in [1.165, 1.54) is 0 Å². The quantitative estimate of drug-likeness (QED) is 0.636. The second-order valence-electron chi connectivity index (χ2n) is 4.73. The van der Waals surface area contributed by atoms with Gasteiger partial charge in [-0.2, -0.15) is 0 Å². The van der Waals surface area contributed by atoms with Gasteiger partial charge in [-0.25, -0.2) is 4.79 Å². The van der Waals surface area contributed by atoms with Crippen LogP contribution in [0.3, 0.4) is 0 Å². The van der Waals surface area contributed by atoms with E-state index in [0.717, 1.165) is 10.0 Å². The molecule has 0 aliphatic carbocycles. The lowest BCUT2D eigenvalue weighted by molar-refractivity contribution is -0.162. The molecule has 0 aliphatic heterocycles. The van der Waals surface area contributed by atoms with Gasteiger partial charge in [0.2, 0.25) is 5.78 Å². The Kier molecular flexibility index (Phi) is 4.46. The lowest BCUT2D eigenvalue weighted by Gasteiger charge is -2.18. The molecule has 0 aromatic heterocycles. The van der Waals surface area contributed by atoms with Crippen molar-refractivity contribution < 1.29 is 14.3 Å². The van der Waals surface area contributed by atoms with Crippen LogP contribution in [-0.4, -0.2) is 17.4 Å². The van der Waals surface area contributed by atoms with Crippen molar-refractivity contribution in [1.82, 2.24) is 0 Å². The molecular weight excluding hydrogens is 284 g/mol. The van der Waals surface area contributed by atoms with Gasteiger partial charge in [-0.1, -0.05) is 28.1 Å². The molecule has 0 unspecified atom stereocenters. The maximum Gasteiger partial charge on any atom is 0.375 e. The zero-order valence-corrected chi connectivity index (χ0v) is 11.7. The van der Waals surface area contributed by atoms with Gasteiger partial charge in [0, 0.05) is 10.9 Å². The van der Waals surface area contributed by atoms with Crippen molar-refractivity contribution >= 4 is 27.7 Å². The molecule has 17 heavy (non-hydrogen) atoms. The van der Waals surface area contributed by atoms with Crippen LogP contribution in [0.5, 0.6) is 0 Å². The Morgan fingerprint density at radius 1 is 1.29 bits per heavy atom. The number of ether oxygens (including phenoxy) is 1. The Morgan fingerprint density at radius 2 is 1.94 bits per heavy atom. The molecule has 3 nitrogen and oxygen atoms in total. The summed E-state index contributed by atoms with van der Waals surface area (Å²) in [5, 5.41) is 0. The van der Waals surface area contributed by atoms with Crippen LogP contribution in [-0.2, 0) is 20.7 Å². The fourth-order valence-electron chi connectivity index (χ4n) is 1.24. The molecule has 92 valence electrons. The number of rotatable bonds is 3. The molecule has 4 heteroatoms. The topological polar surface area (TPSA) is 43.4 Å². The van der Waals surface area contributed by atoms with E-state index in [9.17, 15) is 9.59 Å². The summed E-state index contributed by atoms with van der Waals surface area (Å²) in [6, 6.07) is 7.29. The first-order chi connectivity index (χ1) is 7.78. The molecule has 0 bridgehead atoms. The average Bonchev–Trinajstić information content (AvgIpc) is 2.14. The van der Waals surface area contributed by atoms with E-state index >= 15 is 0 Å². The van der Waals surface area contributed by atoms with Crippen LogP contribution < -0.4 is 0 Å². The van der Waals surface area contributed by atoms with E-state index in [1.54, 1.807) is 26.8 Å². The van der Waals surface area contributed by atoms with Gasteiger partial charge in [0.25, 0.3) is 0 Å². The third-order valence-corrected chi connectivity index (χ3v) is 2.37. The van der Waals surface area contributed by atoms with Crippen LogP contribution >= 0.6 is 15.9 Å². The number of hydrogen-bond acceptors (Lipinski definition) is 3. The lowest BCUT2D eigenvalue weighted by Crippen LogP contribution is -2.29. The van der Waals surface area contributed by atoms with Gasteiger partial charge in [0.15, 0.2) is 0 Å². The van der Waals surface area contributed by atoms with Crippen LogP contribution in [0, 0.1) is 0 Å². The Balaban J connectivity index is 2.64. The lowest BCUT2D eigenvalue weighted by atomic mass is 10.1. The zero-order valence-electron chi connectivity index (χ0n) is 10.1. The second kappa shape index (κ2) is 5.45.